The van der Waals surface area contributed by atoms with Gasteiger partial charge in [0.2, 0.25) is 5.91 Å². The molecule has 1 saturated carbocycles. The smallest absolute Gasteiger partial charge is 0.251 e. The van der Waals surface area contributed by atoms with Gasteiger partial charge in [0.25, 0.3) is 5.91 Å². The predicted molar refractivity (Wildman–Crippen MR) is 138 cm³/mol. The number of rotatable bonds is 6. The molecular formula is C25H30BrN3O4S. The van der Waals surface area contributed by atoms with Crippen molar-refractivity contribution in [1.29, 1.82) is 0 Å². The molecule has 1 aliphatic heterocycles. The van der Waals surface area contributed by atoms with Crippen molar-refractivity contribution in [1.82, 2.24) is 5.32 Å². The first kappa shape index (κ1) is 24.7. The Balaban J connectivity index is 1.40. The van der Waals surface area contributed by atoms with Crippen molar-refractivity contribution < 1.29 is 18.0 Å². The second-order valence-electron chi connectivity index (χ2n) is 9.15. The molecule has 0 saturated heterocycles. The van der Waals surface area contributed by atoms with Crippen LogP contribution >= 0.6 is 15.9 Å². The number of hydrogen-bond donors (Lipinski definition) is 3. The topological polar surface area (TPSA) is 104 Å². The number of anilines is 2. The largest absolute Gasteiger partial charge is 0.371 e. The van der Waals surface area contributed by atoms with Crippen molar-refractivity contribution >= 4 is 49.0 Å². The minimum Gasteiger partial charge on any atom is -0.371 e. The molecule has 0 aromatic heterocycles. The first-order valence-corrected chi connectivity index (χ1v) is 14.4. The fraction of sp³-hybridized carbons (Fsp3) is 0.440. The molecule has 1 atom stereocenters. The Kier molecular flexibility index (Phi) is 7.93. The Bertz CT molecular complexity index is 1160. The Hall–Kier alpha value is -2.39. The Morgan fingerprint density at radius 2 is 1.74 bits per heavy atom. The number of fused-ring (bicyclic) bond motifs is 1. The van der Waals surface area contributed by atoms with Crippen molar-refractivity contribution in [3.8, 4) is 0 Å². The zero-order valence-corrected chi connectivity index (χ0v) is 21.4. The van der Waals surface area contributed by atoms with Gasteiger partial charge in [-0.3, -0.25) is 9.59 Å². The first-order valence-electron chi connectivity index (χ1n) is 11.8. The summed E-state index contributed by atoms with van der Waals surface area (Å²) in [7, 11) is -3.54. The van der Waals surface area contributed by atoms with Crippen LogP contribution in [0.5, 0.6) is 0 Å². The van der Waals surface area contributed by atoms with Crippen molar-refractivity contribution in [3.63, 3.8) is 0 Å². The van der Waals surface area contributed by atoms with Gasteiger partial charge >= 0.3 is 0 Å². The highest BCUT2D eigenvalue weighted by molar-refractivity contribution is 9.10. The zero-order chi connectivity index (χ0) is 24.1. The lowest BCUT2D eigenvalue weighted by Crippen LogP contribution is -2.43. The first-order chi connectivity index (χ1) is 16.3. The summed E-state index contributed by atoms with van der Waals surface area (Å²) in [6.07, 6.45) is 7.92. The summed E-state index contributed by atoms with van der Waals surface area (Å²) in [5, 5.41) is 8.93. The van der Waals surface area contributed by atoms with E-state index in [9.17, 15) is 18.0 Å². The molecule has 1 heterocycles. The predicted octanol–water partition coefficient (Wildman–Crippen LogP) is 4.64. The van der Waals surface area contributed by atoms with Crippen LogP contribution in [-0.2, 0) is 20.4 Å². The number of carbonyl (C=O) groups is 2. The number of benzene rings is 2. The minimum absolute atomic E-state index is 0.148. The lowest BCUT2D eigenvalue weighted by Gasteiger charge is -2.27. The van der Waals surface area contributed by atoms with E-state index in [1.165, 1.54) is 19.3 Å². The number of nitrogens with one attached hydrogen (secondary N) is 3. The second-order valence-corrected chi connectivity index (χ2v) is 12.2. The molecule has 2 amide bonds. The molecule has 9 heteroatoms. The van der Waals surface area contributed by atoms with Crippen molar-refractivity contribution in [2.24, 2.45) is 0 Å². The van der Waals surface area contributed by atoms with Crippen LogP contribution in [0.15, 0.2) is 46.9 Å². The fourth-order valence-corrected chi connectivity index (χ4v) is 6.56. The highest BCUT2D eigenvalue weighted by Crippen LogP contribution is 2.29. The summed E-state index contributed by atoms with van der Waals surface area (Å²) >= 11 is 3.35. The third kappa shape index (κ3) is 6.60. The zero-order valence-electron chi connectivity index (χ0n) is 19.0. The average Bonchev–Trinajstić information content (AvgIpc) is 2.75. The number of carbonyl (C=O) groups excluding carboxylic acids is 2. The summed E-state index contributed by atoms with van der Waals surface area (Å²) < 4.78 is 26.3. The van der Waals surface area contributed by atoms with Crippen LogP contribution in [0.25, 0.3) is 0 Å². The molecule has 2 aliphatic rings. The van der Waals surface area contributed by atoms with Gasteiger partial charge in [-0.2, -0.15) is 0 Å². The van der Waals surface area contributed by atoms with E-state index in [0.717, 1.165) is 30.2 Å². The monoisotopic (exact) mass is 547 g/mol. The van der Waals surface area contributed by atoms with Crippen LogP contribution in [0.1, 0.15) is 60.9 Å². The quantitative estimate of drug-likeness (QED) is 0.488. The van der Waals surface area contributed by atoms with Gasteiger partial charge in [0, 0.05) is 16.1 Å². The Labute approximate surface area is 209 Å². The van der Waals surface area contributed by atoms with Crippen LogP contribution < -0.4 is 16.0 Å². The van der Waals surface area contributed by atoms with Gasteiger partial charge in [0.05, 0.1) is 22.9 Å². The molecule has 182 valence electrons. The maximum absolute atomic E-state index is 12.8. The lowest BCUT2D eigenvalue weighted by atomic mass is 9.96. The van der Waals surface area contributed by atoms with Crippen LogP contribution in [0, 0.1) is 0 Å². The average molecular weight is 549 g/mol. The summed E-state index contributed by atoms with van der Waals surface area (Å²) in [6.45, 7) is 0. The van der Waals surface area contributed by atoms with Gasteiger partial charge in [-0.1, -0.05) is 60.2 Å². The molecule has 1 fully saturated rings. The molecule has 4 rings (SSSR count). The molecule has 34 heavy (non-hydrogen) atoms. The molecule has 2 aromatic rings. The van der Waals surface area contributed by atoms with Crippen molar-refractivity contribution in [2.45, 2.75) is 62.8 Å². The van der Waals surface area contributed by atoms with Gasteiger partial charge in [0.1, 0.15) is 6.04 Å². The van der Waals surface area contributed by atoms with E-state index in [-0.39, 0.29) is 23.5 Å². The van der Waals surface area contributed by atoms with Crippen LogP contribution in [0.2, 0.25) is 0 Å². The summed E-state index contributed by atoms with van der Waals surface area (Å²) in [6, 6.07) is 11.4. The van der Waals surface area contributed by atoms with Gasteiger partial charge in [-0.05, 0) is 48.7 Å². The van der Waals surface area contributed by atoms with E-state index in [2.05, 4.69) is 31.9 Å². The van der Waals surface area contributed by atoms with E-state index in [1.807, 2.05) is 6.07 Å². The SMILES string of the molecule is O=C(NC1CCCCCCC1)c1ccc2c(c1)NC(=O)C(CS(=O)(=O)Cc1cccc(Br)c1)N2. The van der Waals surface area contributed by atoms with E-state index < -0.39 is 21.8 Å². The van der Waals surface area contributed by atoms with Crippen LogP contribution in [-0.4, -0.2) is 38.1 Å². The summed E-state index contributed by atoms with van der Waals surface area (Å²) in [5.41, 5.74) is 2.22. The Morgan fingerprint density at radius 3 is 2.47 bits per heavy atom. The highest BCUT2D eigenvalue weighted by atomic mass is 79.9. The highest BCUT2D eigenvalue weighted by Gasteiger charge is 2.31. The maximum atomic E-state index is 12.8. The van der Waals surface area contributed by atoms with E-state index >= 15 is 0 Å². The molecule has 3 N–H and O–H groups in total. The molecule has 7 nitrogen and oxygen atoms in total. The molecule has 0 radical (unpaired) electrons. The van der Waals surface area contributed by atoms with Crippen molar-refractivity contribution in [3.05, 3.63) is 58.1 Å². The molecule has 1 aliphatic carbocycles. The number of hydrogen-bond acceptors (Lipinski definition) is 5. The van der Waals surface area contributed by atoms with E-state index in [4.69, 9.17) is 0 Å². The minimum atomic E-state index is -3.54. The fourth-order valence-electron chi connectivity index (χ4n) is 4.57. The maximum Gasteiger partial charge on any atom is 0.251 e. The second kappa shape index (κ2) is 10.9. The molecular weight excluding hydrogens is 518 g/mol. The lowest BCUT2D eigenvalue weighted by molar-refractivity contribution is -0.116. The third-order valence-corrected chi connectivity index (χ3v) is 8.43. The van der Waals surface area contributed by atoms with Gasteiger partial charge < -0.3 is 16.0 Å². The normalized spacial score (nSPS) is 19.2. The van der Waals surface area contributed by atoms with Crippen LogP contribution in [0.3, 0.4) is 0 Å². The standard InChI is InChI=1S/C25H30BrN3O4S/c26-19-8-6-7-17(13-19)15-34(32,33)16-23-25(31)29-22-14-18(11-12-21(22)28-23)24(30)27-20-9-4-2-1-3-5-10-20/h6-8,11-14,20,23,28H,1-5,9-10,15-16H2,(H,27,30)(H,29,31). The van der Waals surface area contributed by atoms with Gasteiger partial charge in [-0.25, -0.2) is 8.42 Å². The number of amides is 2. The third-order valence-electron chi connectivity index (χ3n) is 6.32. The molecule has 0 spiro atoms. The van der Waals surface area contributed by atoms with Gasteiger partial charge in [0.15, 0.2) is 9.84 Å². The van der Waals surface area contributed by atoms with Crippen LogP contribution in [0.4, 0.5) is 11.4 Å². The molecule has 2 aromatic carbocycles. The molecule has 1 unspecified atom stereocenters. The summed E-state index contributed by atoms with van der Waals surface area (Å²) in [4.78, 5) is 25.5. The van der Waals surface area contributed by atoms with Crippen molar-refractivity contribution in [2.75, 3.05) is 16.4 Å². The molecule has 0 bridgehead atoms. The summed E-state index contributed by atoms with van der Waals surface area (Å²) in [5.74, 6) is -1.05. The van der Waals surface area contributed by atoms with Gasteiger partial charge in [-0.15, -0.1) is 0 Å². The van der Waals surface area contributed by atoms with E-state index in [0.29, 0.717) is 22.5 Å². The van der Waals surface area contributed by atoms with E-state index in [1.54, 1.807) is 36.4 Å². The Morgan fingerprint density at radius 1 is 1.00 bits per heavy atom. The number of halogens is 1. The number of sulfone groups is 1.